The van der Waals surface area contributed by atoms with Gasteiger partial charge in [0, 0.05) is 5.69 Å². The quantitative estimate of drug-likeness (QED) is 0.883. The van der Waals surface area contributed by atoms with Gasteiger partial charge >= 0.3 is 6.09 Å². The van der Waals surface area contributed by atoms with Crippen molar-refractivity contribution in [2.24, 2.45) is 5.92 Å². The Kier molecular flexibility index (Phi) is 4.77. The van der Waals surface area contributed by atoms with Crippen molar-refractivity contribution in [3.05, 3.63) is 54.6 Å². The number of ether oxygens (including phenoxy) is 1. The van der Waals surface area contributed by atoms with Gasteiger partial charge in [-0.05, 0) is 29.2 Å². The molecule has 0 saturated heterocycles. The summed E-state index contributed by atoms with van der Waals surface area (Å²) in [5.41, 5.74) is 3.01. The highest BCUT2D eigenvalue weighted by atomic mass is 16.5. The molecular weight excluding hydrogens is 250 g/mol. The van der Waals surface area contributed by atoms with E-state index in [-0.39, 0.29) is 0 Å². The van der Waals surface area contributed by atoms with Gasteiger partial charge in [0.2, 0.25) is 0 Å². The molecule has 3 nitrogen and oxygen atoms in total. The molecule has 1 amide bonds. The monoisotopic (exact) mass is 269 g/mol. The topological polar surface area (TPSA) is 38.3 Å². The summed E-state index contributed by atoms with van der Waals surface area (Å²) in [6.07, 6.45) is -0.411. The van der Waals surface area contributed by atoms with Gasteiger partial charge in [-0.3, -0.25) is 5.32 Å². The molecule has 20 heavy (non-hydrogen) atoms. The second-order valence-corrected chi connectivity index (χ2v) is 5.06. The Balaban J connectivity index is 1.97. The number of nitrogens with one attached hydrogen (secondary N) is 1. The van der Waals surface area contributed by atoms with Gasteiger partial charge in [0.15, 0.2) is 0 Å². The predicted molar refractivity (Wildman–Crippen MR) is 81.7 cm³/mol. The molecule has 104 valence electrons. The van der Waals surface area contributed by atoms with Crippen LogP contribution in [0.3, 0.4) is 0 Å². The molecule has 0 fully saturated rings. The fraction of sp³-hybridized carbons (Fsp3) is 0.235. The number of hydrogen-bond acceptors (Lipinski definition) is 2. The lowest BCUT2D eigenvalue weighted by Gasteiger charge is -2.09. The molecule has 0 aliphatic rings. The SMILES string of the molecule is CC(C)COC(=O)Nc1ccc(-c2ccccc2)cc1. The van der Waals surface area contributed by atoms with Gasteiger partial charge in [0.25, 0.3) is 0 Å². The van der Waals surface area contributed by atoms with E-state index in [1.807, 2.05) is 56.3 Å². The molecule has 1 N–H and O–H groups in total. The average molecular weight is 269 g/mol. The van der Waals surface area contributed by atoms with Gasteiger partial charge in [0.05, 0.1) is 6.61 Å². The van der Waals surface area contributed by atoms with Crippen LogP contribution in [0.5, 0.6) is 0 Å². The third-order valence-corrected chi connectivity index (χ3v) is 2.79. The second-order valence-electron chi connectivity index (χ2n) is 5.06. The Morgan fingerprint density at radius 1 is 1.00 bits per heavy atom. The molecule has 0 bridgehead atoms. The van der Waals surface area contributed by atoms with E-state index in [4.69, 9.17) is 4.74 Å². The lowest BCUT2D eigenvalue weighted by molar-refractivity contribution is 0.147. The summed E-state index contributed by atoms with van der Waals surface area (Å²) in [5, 5.41) is 2.71. The van der Waals surface area contributed by atoms with E-state index in [1.165, 1.54) is 0 Å². The molecule has 0 radical (unpaired) electrons. The van der Waals surface area contributed by atoms with Crippen molar-refractivity contribution in [3.8, 4) is 11.1 Å². The summed E-state index contributed by atoms with van der Waals surface area (Å²) in [4.78, 5) is 11.5. The van der Waals surface area contributed by atoms with Crippen LogP contribution >= 0.6 is 0 Å². The first-order valence-corrected chi connectivity index (χ1v) is 6.74. The minimum atomic E-state index is -0.411. The van der Waals surface area contributed by atoms with E-state index in [9.17, 15) is 4.79 Å². The summed E-state index contributed by atoms with van der Waals surface area (Å²) in [7, 11) is 0. The molecule has 2 aromatic carbocycles. The molecule has 0 aromatic heterocycles. The van der Waals surface area contributed by atoms with Crippen LogP contribution in [-0.4, -0.2) is 12.7 Å². The normalized spacial score (nSPS) is 10.3. The van der Waals surface area contributed by atoms with Crippen LogP contribution in [-0.2, 0) is 4.74 Å². The molecule has 0 aliphatic carbocycles. The number of carbonyl (C=O) groups is 1. The number of hydrogen-bond donors (Lipinski definition) is 1. The molecule has 3 heteroatoms. The minimum absolute atomic E-state index is 0.334. The largest absolute Gasteiger partial charge is 0.449 e. The third kappa shape index (κ3) is 4.12. The van der Waals surface area contributed by atoms with Crippen LogP contribution in [0.4, 0.5) is 10.5 Å². The van der Waals surface area contributed by atoms with E-state index in [0.29, 0.717) is 12.5 Å². The highest BCUT2D eigenvalue weighted by molar-refractivity contribution is 5.85. The summed E-state index contributed by atoms with van der Waals surface area (Å²) in [6, 6.07) is 17.8. The van der Waals surface area contributed by atoms with Crippen LogP contribution in [0, 0.1) is 5.92 Å². The van der Waals surface area contributed by atoms with Crippen molar-refractivity contribution < 1.29 is 9.53 Å². The first-order chi connectivity index (χ1) is 9.65. The van der Waals surface area contributed by atoms with Crippen molar-refractivity contribution in [3.63, 3.8) is 0 Å². The Labute approximate surface area is 119 Å². The minimum Gasteiger partial charge on any atom is -0.449 e. The lowest BCUT2D eigenvalue weighted by atomic mass is 10.1. The lowest BCUT2D eigenvalue weighted by Crippen LogP contribution is -2.16. The molecule has 0 aliphatic heterocycles. The van der Waals surface area contributed by atoms with Gasteiger partial charge in [-0.15, -0.1) is 0 Å². The third-order valence-electron chi connectivity index (χ3n) is 2.79. The summed E-state index contributed by atoms with van der Waals surface area (Å²) >= 11 is 0. The van der Waals surface area contributed by atoms with Crippen LogP contribution in [0.15, 0.2) is 54.6 Å². The fourth-order valence-corrected chi connectivity index (χ4v) is 1.77. The molecule has 2 aromatic rings. The van der Waals surface area contributed by atoms with Gasteiger partial charge in [-0.1, -0.05) is 56.3 Å². The molecule has 0 spiro atoms. The molecular formula is C17H19NO2. The van der Waals surface area contributed by atoms with E-state index in [2.05, 4.69) is 17.4 Å². The van der Waals surface area contributed by atoms with Crippen molar-refractivity contribution in [1.82, 2.24) is 0 Å². The zero-order valence-electron chi connectivity index (χ0n) is 11.8. The summed E-state index contributed by atoms with van der Waals surface area (Å²) in [5.74, 6) is 0.334. The molecule has 0 unspecified atom stereocenters. The molecule has 0 saturated carbocycles. The standard InChI is InChI=1S/C17H19NO2/c1-13(2)12-20-17(19)18-16-10-8-15(9-11-16)14-6-4-3-5-7-14/h3-11,13H,12H2,1-2H3,(H,18,19). The molecule has 0 heterocycles. The van der Waals surface area contributed by atoms with Crippen LogP contribution in [0.25, 0.3) is 11.1 Å². The Morgan fingerprint density at radius 3 is 2.20 bits per heavy atom. The zero-order chi connectivity index (χ0) is 14.4. The van der Waals surface area contributed by atoms with Crippen LogP contribution < -0.4 is 5.32 Å². The average Bonchev–Trinajstić information content (AvgIpc) is 2.47. The Morgan fingerprint density at radius 2 is 1.60 bits per heavy atom. The number of rotatable bonds is 4. The van der Waals surface area contributed by atoms with E-state index in [1.54, 1.807) is 0 Å². The number of amides is 1. The second kappa shape index (κ2) is 6.75. The van der Waals surface area contributed by atoms with Crippen LogP contribution in [0.1, 0.15) is 13.8 Å². The van der Waals surface area contributed by atoms with E-state index >= 15 is 0 Å². The van der Waals surface area contributed by atoms with E-state index < -0.39 is 6.09 Å². The molecule has 0 atom stereocenters. The maximum absolute atomic E-state index is 11.5. The van der Waals surface area contributed by atoms with Gasteiger partial charge in [-0.25, -0.2) is 4.79 Å². The first-order valence-electron chi connectivity index (χ1n) is 6.74. The van der Waals surface area contributed by atoms with Gasteiger partial charge in [-0.2, -0.15) is 0 Å². The van der Waals surface area contributed by atoms with Crippen molar-refractivity contribution in [1.29, 1.82) is 0 Å². The first kappa shape index (κ1) is 14.1. The zero-order valence-corrected chi connectivity index (χ0v) is 11.8. The summed E-state index contributed by atoms with van der Waals surface area (Å²) < 4.78 is 5.07. The van der Waals surface area contributed by atoms with Crippen molar-refractivity contribution >= 4 is 11.8 Å². The maximum Gasteiger partial charge on any atom is 0.411 e. The molecule has 2 rings (SSSR count). The van der Waals surface area contributed by atoms with E-state index in [0.717, 1.165) is 16.8 Å². The summed E-state index contributed by atoms with van der Waals surface area (Å²) in [6.45, 7) is 4.43. The highest BCUT2D eigenvalue weighted by Gasteiger charge is 2.04. The Bertz CT molecular complexity index is 547. The predicted octanol–water partition coefficient (Wildman–Crippen LogP) is 4.56. The highest BCUT2D eigenvalue weighted by Crippen LogP contribution is 2.21. The number of anilines is 1. The maximum atomic E-state index is 11.5. The fourth-order valence-electron chi connectivity index (χ4n) is 1.77. The number of carbonyl (C=O) groups excluding carboxylic acids is 1. The van der Waals surface area contributed by atoms with Crippen LogP contribution in [0.2, 0.25) is 0 Å². The van der Waals surface area contributed by atoms with Gasteiger partial charge < -0.3 is 4.74 Å². The van der Waals surface area contributed by atoms with Crippen molar-refractivity contribution in [2.45, 2.75) is 13.8 Å². The van der Waals surface area contributed by atoms with Crippen molar-refractivity contribution in [2.75, 3.05) is 11.9 Å². The number of benzene rings is 2. The van der Waals surface area contributed by atoms with Gasteiger partial charge in [0.1, 0.15) is 0 Å². The smallest absolute Gasteiger partial charge is 0.411 e. The Hall–Kier alpha value is -2.29.